The van der Waals surface area contributed by atoms with Crippen LogP contribution in [0.3, 0.4) is 0 Å². The molecule has 7 aromatic rings. The van der Waals surface area contributed by atoms with Crippen molar-refractivity contribution < 1.29 is 0 Å². The number of benzene rings is 6. The molecular formula is C38H31Cl2P5. The van der Waals surface area contributed by atoms with Crippen LogP contribution in [0.1, 0.15) is 0 Å². The van der Waals surface area contributed by atoms with Gasteiger partial charge < -0.3 is 0 Å². The molecule has 0 saturated carbocycles. The maximum Gasteiger partial charge on any atom is 0.0400 e. The molecular weight excluding hydrogens is 682 g/mol. The van der Waals surface area contributed by atoms with Crippen LogP contribution in [0.5, 0.6) is 0 Å². The molecule has 222 valence electrons. The summed E-state index contributed by atoms with van der Waals surface area (Å²) in [4.78, 5) is 0. The second-order valence-corrected chi connectivity index (χ2v) is 28.7. The average Bonchev–Trinajstić information content (AvgIpc) is 3.42. The largest absolute Gasteiger partial charge is 0.111 e. The van der Waals surface area contributed by atoms with E-state index in [1.165, 1.54) is 40.6 Å². The maximum absolute atomic E-state index is 7.88. The standard InChI is InChI=1S/C38H31Cl2P5/c39-42-37(44(31-19-7-1-8-20-31,32-21-9-2-10-22-32)33-23-11-3-12-24-33)41-38(43(42)40)45(34-25-13-4-14-26-34,35-27-15-5-16-28-35)36-29-17-6-18-30-36/h1-30,41H. The Balaban J connectivity index is 1.86. The summed E-state index contributed by atoms with van der Waals surface area (Å²) in [5.41, 5.74) is 0. The summed E-state index contributed by atoms with van der Waals surface area (Å²) in [6, 6.07) is 66.5. The van der Waals surface area contributed by atoms with E-state index in [-0.39, 0.29) is 0 Å². The second kappa shape index (κ2) is 13.6. The van der Waals surface area contributed by atoms with Crippen LogP contribution in [0.15, 0.2) is 182 Å². The van der Waals surface area contributed by atoms with Crippen LogP contribution >= 0.6 is 57.6 Å². The van der Waals surface area contributed by atoms with Gasteiger partial charge in [-0.05, 0) is 45.6 Å². The predicted octanol–water partition coefficient (Wildman–Crippen LogP) is 10.7. The highest BCUT2D eigenvalue weighted by Crippen LogP contribution is 2.73. The SMILES string of the molecule is Clp1c(=P(c2ccccc2)(c2ccccc2)c2ccccc2)[pH]c(=P(c2ccccc2)(c2ccccc2)c2ccccc2)p1Cl. The molecule has 1 aromatic heterocycles. The zero-order valence-corrected chi connectivity index (χ0v) is 30.5. The van der Waals surface area contributed by atoms with Crippen LogP contribution in [0.2, 0.25) is 0 Å². The second-order valence-electron chi connectivity index (χ2n) is 10.6. The third-order valence-electron chi connectivity index (χ3n) is 8.22. The van der Waals surface area contributed by atoms with Crippen LogP contribution < -0.4 is 31.8 Å². The topological polar surface area (TPSA) is 0 Å². The molecule has 0 bridgehead atoms. The van der Waals surface area contributed by atoms with Gasteiger partial charge in [-0.2, -0.15) is 0 Å². The van der Waals surface area contributed by atoms with E-state index in [2.05, 4.69) is 182 Å². The van der Waals surface area contributed by atoms with Crippen molar-refractivity contribution in [2.24, 2.45) is 0 Å². The highest BCUT2D eigenvalue weighted by atomic mass is 35.7. The minimum atomic E-state index is -2.32. The van der Waals surface area contributed by atoms with Crippen molar-refractivity contribution in [2.75, 3.05) is 0 Å². The number of rotatable bonds is 6. The first-order chi connectivity index (χ1) is 22.2. The Morgan fingerprint density at radius 1 is 0.311 bits per heavy atom. The van der Waals surface area contributed by atoms with Crippen molar-refractivity contribution in [2.45, 2.75) is 0 Å². The van der Waals surface area contributed by atoms with Crippen LogP contribution in [0.25, 0.3) is 0 Å². The summed E-state index contributed by atoms with van der Waals surface area (Å²) in [5, 5.41) is 8.01. The van der Waals surface area contributed by atoms with Gasteiger partial charge in [0, 0.05) is 21.9 Å². The fourth-order valence-electron chi connectivity index (χ4n) is 6.31. The normalized spacial score (nSPS) is 12.8. The summed E-state index contributed by atoms with van der Waals surface area (Å²) in [6.45, 7) is -6.95. The van der Waals surface area contributed by atoms with E-state index in [1.54, 1.807) is 0 Å². The molecule has 0 radical (unpaired) electrons. The van der Waals surface area contributed by atoms with Crippen LogP contribution in [-0.2, 0) is 0 Å². The van der Waals surface area contributed by atoms with Crippen molar-refractivity contribution in [1.29, 1.82) is 0 Å². The van der Waals surface area contributed by atoms with Gasteiger partial charge >= 0.3 is 0 Å². The van der Waals surface area contributed by atoms with Gasteiger partial charge in [0.2, 0.25) is 0 Å². The van der Waals surface area contributed by atoms with E-state index in [0.717, 1.165) is 0 Å². The molecule has 0 N–H and O–H groups in total. The van der Waals surface area contributed by atoms with Crippen molar-refractivity contribution in [1.82, 2.24) is 0 Å². The molecule has 7 heteroatoms. The highest BCUT2D eigenvalue weighted by molar-refractivity contribution is 8.34. The van der Waals surface area contributed by atoms with Gasteiger partial charge in [-0.3, -0.25) is 0 Å². The first-order valence-electron chi connectivity index (χ1n) is 14.7. The summed E-state index contributed by atoms with van der Waals surface area (Å²) >= 11 is 15.8. The molecule has 6 aromatic carbocycles. The minimum absolute atomic E-state index is 0.433. The molecule has 1 heterocycles. The smallest absolute Gasteiger partial charge is 0.0400 e. The molecule has 2 atom stereocenters. The molecule has 0 aliphatic carbocycles. The lowest BCUT2D eigenvalue weighted by Gasteiger charge is -2.29. The van der Waals surface area contributed by atoms with Gasteiger partial charge in [-0.25, -0.2) is 0 Å². The number of hydrogen-bond donors (Lipinski definition) is 0. The van der Waals surface area contributed by atoms with Gasteiger partial charge in [-0.15, -0.1) is 8.19 Å². The molecule has 0 nitrogen and oxygen atoms in total. The Morgan fingerprint density at radius 3 is 0.667 bits per heavy atom. The molecule has 0 saturated heterocycles. The summed E-state index contributed by atoms with van der Waals surface area (Å²) in [7, 11) is 0.433. The van der Waals surface area contributed by atoms with Crippen LogP contribution in [-0.4, -0.2) is 0 Å². The summed E-state index contributed by atoms with van der Waals surface area (Å²) in [5.74, 6) is 0. The maximum atomic E-state index is 7.88. The molecule has 2 unspecified atom stereocenters. The molecule has 0 aliphatic rings. The fraction of sp³-hybridized carbons (Fsp3) is 0. The Bertz CT molecular complexity index is 1860. The zero-order valence-electron chi connectivity index (χ0n) is 24.4. The first-order valence-corrected chi connectivity index (χ1v) is 24.5. The average molecular weight is 713 g/mol. The molecule has 0 amide bonds. The van der Waals surface area contributed by atoms with Gasteiger partial charge in [0.15, 0.2) is 0 Å². The van der Waals surface area contributed by atoms with Gasteiger partial charge in [0.05, 0.1) is 0 Å². The quantitative estimate of drug-likeness (QED) is 0.151. The highest BCUT2D eigenvalue weighted by Gasteiger charge is 2.32. The third kappa shape index (κ3) is 5.37. The van der Waals surface area contributed by atoms with Gasteiger partial charge in [0.25, 0.3) is 0 Å². The summed E-state index contributed by atoms with van der Waals surface area (Å²) < 4.78 is 2.90. The monoisotopic (exact) mass is 712 g/mol. The fourth-order valence-corrected chi connectivity index (χ4v) is 38.7. The lowest BCUT2D eigenvalue weighted by molar-refractivity contribution is 1.73. The lowest BCUT2D eigenvalue weighted by Crippen LogP contribution is -2.25. The zero-order chi connectivity index (χ0) is 30.7. The van der Waals surface area contributed by atoms with E-state index in [9.17, 15) is 0 Å². The molecule has 0 fully saturated rings. The summed E-state index contributed by atoms with van der Waals surface area (Å²) in [6.07, 6.45) is 0. The third-order valence-corrected chi connectivity index (χ3v) is 35.3. The molecule has 7 rings (SSSR count). The van der Waals surface area contributed by atoms with E-state index in [4.69, 9.17) is 22.5 Å². The van der Waals surface area contributed by atoms with E-state index < -0.39 is 26.9 Å². The Hall–Kier alpha value is -2.60. The number of halogens is 2. The Labute approximate surface area is 278 Å². The lowest BCUT2D eigenvalue weighted by atomic mass is 10.4. The van der Waals surface area contributed by atoms with Crippen LogP contribution in [0.4, 0.5) is 0 Å². The van der Waals surface area contributed by atoms with Crippen molar-refractivity contribution in [3.05, 3.63) is 191 Å². The van der Waals surface area contributed by atoms with E-state index in [1.807, 2.05) is 0 Å². The minimum Gasteiger partial charge on any atom is -0.111 e. The Morgan fingerprint density at radius 2 is 0.489 bits per heavy atom. The van der Waals surface area contributed by atoms with Crippen molar-refractivity contribution >= 4 is 89.4 Å². The van der Waals surface area contributed by atoms with E-state index in [0.29, 0.717) is 8.19 Å². The molecule has 0 aliphatic heterocycles. The van der Waals surface area contributed by atoms with Crippen LogP contribution in [0, 0.1) is 8.81 Å². The Kier molecular flexibility index (Phi) is 9.40. The predicted molar refractivity (Wildman–Crippen MR) is 211 cm³/mol. The van der Waals surface area contributed by atoms with Crippen molar-refractivity contribution in [3.63, 3.8) is 0 Å². The van der Waals surface area contributed by atoms with Gasteiger partial charge in [0.1, 0.15) is 0 Å². The number of hydrogen-bond acceptors (Lipinski definition) is 0. The van der Waals surface area contributed by atoms with Gasteiger partial charge in [-0.1, -0.05) is 204 Å². The molecule has 0 spiro atoms. The van der Waals surface area contributed by atoms with E-state index >= 15 is 0 Å². The molecule has 45 heavy (non-hydrogen) atoms. The first kappa shape index (κ1) is 31.0. The van der Waals surface area contributed by atoms with Crippen molar-refractivity contribution in [3.8, 4) is 0 Å².